The number of halogens is 1. The van der Waals surface area contributed by atoms with E-state index < -0.39 is 0 Å². The van der Waals surface area contributed by atoms with Crippen LogP contribution in [0.1, 0.15) is 12.5 Å². The Kier molecular flexibility index (Phi) is 5.47. The molecule has 0 bridgehead atoms. The first kappa shape index (κ1) is 16.6. The normalized spacial score (nSPS) is 12.5. The van der Waals surface area contributed by atoms with E-state index in [1.165, 1.54) is 16.9 Å². The second-order valence-electron chi connectivity index (χ2n) is 4.98. The van der Waals surface area contributed by atoms with E-state index in [9.17, 15) is 5.11 Å². The summed E-state index contributed by atoms with van der Waals surface area (Å²) in [6.45, 7) is 1.93. The molecule has 23 heavy (non-hydrogen) atoms. The predicted molar refractivity (Wildman–Crippen MR) is 99.1 cm³/mol. The van der Waals surface area contributed by atoms with Crippen molar-refractivity contribution in [3.63, 3.8) is 0 Å². The molecule has 0 radical (unpaired) electrons. The zero-order valence-corrected chi connectivity index (χ0v) is 15.6. The summed E-state index contributed by atoms with van der Waals surface area (Å²) in [7, 11) is 0. The molecule has 0 unspecified atom stereocenters. The highest BCUT2D eigenvalue weighted by Crippen LogP contribution is 2.31. The van der Waals surface area contributed by atoms with Crippen molar-refractivity contribution in [1.82, 2.24) is 15.0 Å². The third kappa shape index (κ3) is 4.20. The molecule has 3 rings (SSSR count). The van der Waals surface area contributed by atoms with Gasteiger partial charge in [-0.15, -0.1) is 0 Å². The second kappa shape index (κ2) is 7.57. The molecule has 0 spiro atoms. The van der Waals surface area contributed by atoms with Gasteiger partial charge in [-0.2, -0.15) is 0 Å². The number of thiazole rings is 1. The van der Waals surface area contributed by atoms with Gasteiger partial charge in [0.2, 0.25) is 0 Å². The number of anilines is 1. The zero-order valence-electron chi connectivity index (χ0n) is 12.4. The number of thioether (sulfide) groups is 1. The fourth-order valence-corrected chi connectivity index (χ4v) is 4.11. The predicted octanol–water partition coefficient (Wildman–Crippen LogP) is 3.93. The zero-order chi connectivity index (χ0) is 16.2. The van der Waals surface area contributed by atoms with E-state index in [1.807, 2.05) is 25.1 Å². The van der Waals surface area contributed by atoms with Crippen molar-refractivity contribution in [2.45, 2.75) is 23.9 Å². The molecule has 120 valence electrons. The largest absolute Gasteiger partial charge is 0.394 e. The van der Waals surface area contributed by atoms with Crippen LogP contribution in [-0.4, -0.2) is 32.7 Å². The molecule has 1 atom stereocenters. The number of aliphatic hydroxyl groups excluding tert-OH is 1. The number of nitrogens with one attached hydrogen (secondary N) is 1. The molecule has 2 aromatic heterocycles. The summed E-state index contributed by atoms with van der Waals surface area (Å²) in [6.07, 6.45) is 0. The van der Waals surface area contributed by atoms with Crippen molar-refractivity contribution < 1.29 is 5.11 Å². The number of aliphatic hydroxyl groups is 1. The SMILES string of the molecule is C[C@H](CO)Nc1nc(SCc2ccccc2)nc2sc(Br)nc12. The van der Waals surface area contributed by atoms with E-state index in [1.54, 1.807) is 11.8 Å². The minimum absolute atomic E-state index is 0.0310. The third-order valence-electron chi connectivity index (χ3n) is 3.08. The maximum atomic E-state index is 9.26. The van der Waals surface area contributed by atoms with Crippen LogP contribution in [0, 0.1) is 0 Å². The summed E-state index contributed by atoms with van der Waals surface area (Å²) in [6, 6.07) is 10.1. The molecule has 0 aliphatic heterocycles. The van der Waals surface area contributed by atoms with E-state index in [4.69, 9.17) is 0 Å². The summed E-state index contributed by atoms with van der Waals surface area (Å²) in [4.78, 5) is 14.4. The molecule has 2 heterocycles. The molecule has 0 aliphatic rings. The summed E-state index contributed by atoms with van der Waals surface area (Å²) in [5.74, 6) is 1.47. The van der Waals surface area contributed by atoms with Gasteiger partial charge in [0.05, 0.1) is 6.61 Å². The summed E-state index contributed by atoms with van der Waals surface area (Å²) >= 11 is 6.46. The van der Waals surface area contributed by atoms with Gasteiger partial charge in [0.25, 0.3) is 0 Å². The van der Waals surface area contributed by atoms with Gasteiger partial charge in [-0.05, 0) is 28.4 Å². The summed E-state index contributed by atoms with van der Waals surface area (Å²) in [5, 5.41) is 13.2. The van der Waals surface area contributed by atoms with Crippen LogP contribution in [0.2, 0.25) is 0 Å². The first-order chi connectivity index (χ1) is 11.2. The summed E-state index contributed by atoms with van der Waals surface area (Å²) in [5.41, 5.74) is 1.95. The van der Waals surface area contributed by atoms with Crippen molar-refractivity contribution in [2.75, 3.05) is 11.9 Å². The van der Waals surface area contributed by atoms with Crippen LogP contribution in [0.3, 0.4) is 0 Å². The molecule has 8 heteroatoms. The maximum Gasteiger partial charge on any atom is 0.191 e. The number of hydrogen-bond donors (Lipinski definition) is 2. The van der Waals surface area contributed by atoms with Gasteiger partial charge in [0, 0.05) is 11.8 Å². The standard InChI is InChI=1S/C15H15BrN4OS2/c1-9(7-21)17-12-11-13(23-14(16)18-11)20-15(19-12)22-8-10-5-3-2-4-6-10/h2-6,9,21H,7-8H2,1H3,(H,17,19,20)/t9-/m1/s1. The number of benzene rings is 1. The number of nitrogens with zero attached hydrogens (tertiary/aromatic N) is 3. The quantitative estimate of drug-likeness (QED) is 0.473. The van der Waals surface area contributed by atoms with E-state index >= 15 is 0 Å². The Morgan fingerprint density at radius 1 is 1.26 bits per heavy atom. The van der Waals surface area contributed by atoms with Crippen molar-refractivity contribution >= 4 is 55.2 Å². The Hall–Kier alpha value is -1.22. The van der Waals surface area contributed by atoms with Gasteiger partial charge in [-0.25, -0.2) is 15.0 Å². The molecule has 0 aliphatic carbocycles. The lowest BCUT2D eigenvalue weighted by molar-refractivity contribution is 0.281. The third-order valence-corrected chi connectivity index (χ3v) is 5.40. The van der Waals surface area contributed by atoms with Gasteiger partial charge >= 0.3 is 0 Å². The number of hydrogen-bond acceptors (Lipinski definition) is 7. The van der Waals surface area contributed by atoms with E-state index in [0.717, 1.165) is 20.0 Å². The van der Waals surface area contributed by atoms with Crippen LogP contribution in [0.4, 0.5) is 5.82 Å². The van der Waals surface area contributed by atoms with Crippen molar-refractivity contribution in [1.29, 1.82) is 0 Å². The average molecular weight is 411 g/mol. The molecule has 5 nitrogen and oxygen atoms in total. The van der Waals surface area contributed by atoms with Gasteiger partial charge in [0.1, 0.15) is 5.52 Å². The lowest BCUT2D eigenvalue weighted by Gasteiger charge is -2.12. The highest BCUT2D eigenvalue weighted by atomic mass is 79.9. The van der Waals surface area contributed by atoms with Gasteiger partial charge < -0.3 is 10.4 Å². The molecule has 0 saturated heterocycles. The minimum atomic E-state index is -0.0967. The van der Waals surface area contributed by atoms with Crippen LogP contribution in [-0.2, 0) is 5.75 Å². The molecule has 0 saturated carbocycles. The van der Waals surface area contributed by atoms with E-state index in [-0.39, 0.29) is 12.6 Å². The highest BCUT2D eigenvalue weighted by Gasteiger charge is 2.14. The van der Waals surface area contributed by atoms with E-state index in [2.05, 4.69) is 48.3 Å². The second-order valence-corrected chi connectivity index (χ2v) is 8.17. The fraction of sp³-hybridized carbons (Fsp3) is 0.267. The fourth-order valence-electron chi connectivity index (χ4n) is 1.94. The van der Waals surface area contributed by atoms with Crippen LogP contribution >= 0.6 is 39.0 Å². The van der Waals surface area contributed by atoms with Crippen LogP contribution in [0.25, 0.3) is 10.3 Å². The van der Waals surface area contributed by atoms with Crippen LogP contribution in [0.5, 0.6) is 0 Å². The van der Waals surface area contributed by atoms with Gasteiger partial charge in [-0.1, -0.05) is 53.4 Å². The van der Waals surface area contributed by atoms with Crippen LogP contribution < -0.4 is 5.32 Å². The highest BCUT2D eigenvalue weighted by molar-refractivity contribution is 9.11. The number of aromatic nitrogens is 3. The molecule has 1 aromatic carbocycles. The first-order valence-corrected chi connectivity index (χ1v) is 9.63. The van der Waals surface area contributed by atoms with E-state index in [0.29, 0.717) is 11.0 Å². The minimum Gasteiger partial charge on any atom is -0.394 e. The van der Waals surface area contributed by atoms with Crippen molar-refractivity contribution in [3.8, 4) is 0 Å². The number of fused-ring (bicyclic) bond motifs is 1. The average Bonchev–Trinajstić information content (AvgIpc) is 2.94. The Morgan fingerprint density at radius 3 is 2.78 bits per heavy atom. The molecule has 2 N–H and O–H groups in total. The summed E-state index contributed by atoms with van der Waals surface area (Å²) < 4.78 is 0.770. The first-order valence-electron chi connectivity index (χ1n) is 7.04. The Bertz CT molecular complexity index is 797. The monoisotopic (exact) mass is 410 g/mol. The van der Waals surface area contributed by atoms with Gasteiger partial charge in [-0.3, -0.25) is 0 Å². The smallest absolute Gasteiger partial charge is 0.191 e. The van der Waals surface area contributed by atoms with Crippen molar-refractivity contribution in [2.24, 2.45) is 0 Å². The lowest BCUT2D eigenvalue weighted by atomic mass is 10.2. The molecular weight excluding hydrogens is 396 g/mol. The molecular formula is C15H15BrN4OS2. The Morgan fingerprint density at radius 2 is 2.04 bits per heavy atom. The topological polar surface area (TPSA) is 70.9 Å². The maximum absolute atomic E-state index is 9.26. The van der Waals surface area contributed by atoms with Crippen LogP contribution in [0.15, 0.2) is 39.4 Å². The number of rotatable bonds is 6. The molecule has 0 fully saturated rings. The lowest BCUT2D eigenvalue weighted by Crippen LogP contribution is -2.20. The molecule has 3 aromatic rings. The van der Waals surface area contributed by atoms with Gasteiger partial charge in [0.15, 0.2) is 19.7 Å². The Balaban J connectivity index is 1.88. The molecule has 0 amide bonds. The Labute approximate surface area is 150 Å². The van der Waals surface area contributed by atoms with Crippen molar-refractivity contribution in [3.05, 3.63) is 39.8 Å².